The summed E-state index contributed by atoms with van der Waals surface area (Å²) >= 11 is 0. The lowest BCUT2D eigenvalue weighted by Gasteiger charge is -2.38. The summed E-state index contributed by atoms with van der Waals surface area (Å²) in [5, 5.41) is 0. The number of nitrogens with two attached hydrogens (primary N) is 1. The molecule has 0 aromatic heterocycles. The zero-order valence-corrected chi connectivity index (χ0v) is 13.4. The first-order chi connectivity index (χ1) is 11.8. The molecule has 2 N–H and O–H groups in total. The van der Waals surface area contributed by atoms with Gasteiger partial charge < -0.3 is 15.5 Å². The first-order valence-electron chi connectivity index (χ1n) is 7.80. The van der Waals surface area contributed by atoms with Gasteiger partial charge in [0.25, 0.3) is 0 Å². The SMILES string of the molecule is NC(=O)N1C=CC(N2CCN(c3cccc(C(F)(F)F)c3)CC2)=NC1. The predicted octanol–water partition coefficient (Wildman–Crippen LogP) is 2.09. The smallest absolute Gasteiger partial charge is 0.368 e. The maximum atomic E-state index is 12.8. The van der Waals surface area contributed by atoms with E-state index in [4.69, 9.17) is 5.73 Å². The average Bonchev–Trinajstić information content (AvgIpc) is 2.61. The predicted molar refractivity (Wildman–Crippen MR) is 88.1 cm³/mol. The van der Waals surface area contributed by atoms with Gasteiger partial charge in [0.05, 0.1) is 5.56 Å². The molecule has 2 amide bonds. The van der Waals surface area contributed by atoms with Crippen LogP contribution in [-0.2, 0) is 6.18 Å². The molecule has 6 nitrogen and oxygen atoms in total. The van der Waals surface area contributed by atoms with Gasteiger partial charge in [-0.25, -0.2) is 9.79 Å². The van der Waals surface area contributed by atoms with Gasteiger partial charge in [-0.2, -0.15) is 13.2 Å². The lowest BCUT2D eigenvalue weighted by Crippen LogP contribution is -2.49. The number of alkyl halides is 3. The summed E-state index contributed by atoms with van der Waals surface area (Å²) in [6.45, 7) is 2.63. The highest BCUT2D eigenvalue weighted by Crippen LogP contribution is 2.31. The third-order valence-corrected chi connectivity index (χ3v) is 4.21. The molecule has 2 aliphatic rings. The Hall–Kier alpha value is -2.71. The summed E-state index contributed by atoms with van der Waals surface area (Å²) in [7, 11) is 0. The monoisotopic (exact) mass is 353 g/mol. The van der Waals surface area contributed by atoms with Gasteiger partial charge in [-0.1, -0.05) is 6.07 Å². The van der Waals surface area contributed by atoms with Crippen molar-refractivity contribution < 1.29 is 18.0 Å². The summed E-state index contributed by atoms with van der Waals surface area (Å²) in [6, 6.07) is 4.81. The van der Waals surface area contributed by atoms with Crippen LogP contribution in [-0.4, -0.2) is 54.5 Å². The second-order valence-electron chi connectivity index (χ2n) is 5.80. The van der Waals surface area contributed by atoms with Crippen LogP contribution in [0.15, 0.2) is 41.5 Å². The van der Waals surface area contributed by atoms with Crippen molar-refractivity contribution in [1.29, 1.82) is 0 Å². The van der Waals surface area contributed by atoms with E-state index < -0.39 is 17.8 Å². The van der Waals surface area contributed by atoms with Crippen LogP contribution in [0.25, 0.3) is 0 Å². The van der Waals surface area contributed by atoms with E-state index >= 15 is 0 Å². The lowest BCUT2D eigenvalue weighted by atomic mass is 10.1. The summed E-state index contributed by atoms with van der Waals surface area (Å²) in [4.78, 5) is 20.6. The zero-order valence-electron chi connectivity index (χ0n) is 13.4. The highest BCUT2D eigenvalue weighted by molar-refractivity contribution is 5.94. The molecule has 0 atom stereocenters. The Kier molecular flexibility index (Phi) is 4.56. The third-order valence-electron chi connectivity index (χ3n) is 4.21. The maximum Gasteiger partial charge on any atom is 0.416 e. The fourth-order valence-corrected chi connectivity index (χ4v) is 2.83. The highest BCUT2D eigenvalue weighted by atomic mass is 19.4. The first-order valence-corrected chi connectivity index (χ1v) is 7.80. The molecule has 0 saturated carbocycles. The quantitative estimate of drug-likeness (QED) is 0.841. The van der Waals surface area contributed by atoms with Crippen molar-refractivity contribution in [1.82, 2.24) is 9.80 Å². The van der Waals surface area contributed by atoms with E-state index in [1.54, 1.807) is 18.3 Å². The number of anilines is 1. The molecule has 1 aromatic rings. The summed E-state index contributed by atoms with van der Waals surface area (Å²) < 4.78 is 38.5. The Balaban J connectivity index is 1.61. The van der Waals surface area contributed by atoms with E-state index in [9.17, 15) is 18.0 Å². The molecule has 2 aliphatic heterocycles. The molecule has 134 valence electrons. The Labute approximate surface area is 143 Å². The molecule has 0 spiro atoms. The Morgan fingerprint density at radius 2 is 1.80 bits per heavy atom. The molecule has 25 heavy (non-hydrogen) atoms. The number of amidine groups is 1. The van der Waals surface area contributed by atoms with Gasteiger partial charge >= 0.3 is 12.2 Å². The molecule has 0 radical (unpaired) electrons. The van der Waals surface area contributed by atoms with Gasteiger partial charge in [-0.05, 0) is 24.3 Å². The molecule has 1 saturated heterocycles. The number of benzene rings is 1. The van der Waals surface area contributed by atoms with Crippen LogP contribution in [0.3, 0.4) is 0 Å². The van der Waals surface area contributed by atoms with Gasteiger partial charge in [0.2, 0.25) is 0 Å². The number of amides is 2. The number of carbonyl (C=O) groups excluding carboxylic acids is 1. The second kappa shape index (κ2) is 6.66. The number of rotatable bonds is 1. The van der Waals surface area contributed by atoms with Crippen LogP contribution in [0, 0.1) is 0 Å². The molecule has 2 heterocycles. The van der Waals surface area contributed by atoms with Gasteiger partial charge in [0.1, 0.15) is 12.5 Å². The molecule has 3 rings (SSSR count). The van der Waals surface area contributed by atoms with E-state index in [2.05, 4.69) is 4.99 Å². The molecular formula is C16H18F3N5O. The van der Waals surface area contributed by atoms with E-state index in [1.807, 2.05) is 9.80 Å². The zero-order chi connectivity index (χ0) is 18.0. The second-order valence-corrected chi connectivity index (χ2v) is 5.80. The van der Waals surface area contributed by atoms with Crippen molar-refractivity contribution in [2.24, 2.45) is 10.7 Å². The number of urea groups is 1. The van der Waals surface area contributed by atoms with Crippen LogP contribution in [0.5, 0.6) is 0 Å². The number of aliphatic imine (C=N–C) groups is 1. The molecular weight excluding hydrogens is 335 g/mol. The maximum absolute atomic E-state index is 12.8. The fraction of sp³-hybridized carbons (Fsp3) is 0.375. The van der Waals surface area contributed by atoms with Crippen LogP contribution < -0.4 is 10.6 Å². The Morgan fingerprint density at radius 3 is 2.36 bits per heavy atom. The van der Waals surface area contributed by atoms with Gasteiger partial charge in [0.15, 0.2) is 0 Å². The number of primary amides is 1. The molecule has 1 aromatic carbocycles. The van der Waals surface area contributed by atoms with Crippen LogP contribution in [0.1, 0.15) is 5.56 Å². The number of halogens is 3. The largest absolute Gasteiger partial charge is 0.416 e. The fourth-order valence-electron chi connectivity index (χ4n) is 2.83. The molecule has 0 aliphatic carbocycles. The van der Waals surface area contributed by atoms with Crippen LogP contribution in [0.2, 0.25) is 0 Å². The molecule has 0 bridgehead atoms. The summed E-state index contributed by atoms with van der Waals surface area (Å²) in [6.07, 6.45) is -1.04. The lowest BCUT2D eigenvalue weighted by molar-refractivity contribution is -0.137. The summed E-state index contributed by atoms with van der Waals surface area (Å²) in [5.41, 5.74) is 5.11. The van der Waals surface area contributed by atoms with E-state index in [0.717, 1.165) is 11.9 Å². The van der Waals surface area contributed by atoms with Crippen LogP contribution >= 0.6 is 0 Å². The van der Waals surface area contributed by atoms with E-state index in [0.29, 0.717) is 31.9 Å². The van der Waals surface area contributed by atoms with Crippen molar-refractivity contribution >= 4 is 17.6 Å². The van der Waals surface area contributed by atoms with E-state index in [1.165, 1.54) is 17.0 Å². The minimum atomic E-state index is -4.34. The van der Waals surface area contributed by atoms with Crippen molar-refractivity contribution in [2.45, 2.75) is 6.18 Å². The number of nitrogens with zero attached hydrogens (tertiary/aromatic N) is 4. The van der Waals surface area contributed by atoms with Crippen molar-refractivity contribution in [3.63, 3.8) is 0 Å². The first kappa shape index (κ1) is 17.1. The topological polar surface area (TPSA) is 65.2 Å². The normalized spacial score (nSPS) is 18.4. The van der Waals surface area contributed by atoms with Gasteiger partial charge in [0, 0.05) is 38.1 Å². The average molecular weight is 353 g/mol. The number of carbonyl (C=O) groups is 1. The standard InChI is InChI=1S/C16H18F3N5O/c17-16(18,19)12-2-1-3-13(10-12)22-6-8-23(9-7-22)14-4-5-24(11-21-14)15(20)25/h1-5,10H,6-9,11H2,(H2,20,25). The number of piperazine rings is 1. The molecule has 9 heteroatoms. The minimum absolute atomic E-state index is 0.176. The minimum Gasteiger partial charge on any atom is -0.368 e. The van der Waals surface area contributed by atoms with Crippen molar-refractivity contribution in [3.8, 4) is 0 Å². The molecule has 1 fully saturated rings. The molecule has 0 unspecified atom stereocenters. The van der Waals surface area contributed by atoms with E-state index in [-0.39, 0.29) is 6.67 Å². The van der Waals surface area contributed by atoms with Crippen LogP contribution in [0.4, 0.5) is 23.7 Å². The summed E-state index contributed by atoms with van der Waals surface area (Å²) in [5.74, 6) is 0.751. The van der Waals surface area contributed by atoms with Crippen molar-refractivity contribution in [2.75, 3.05) is 37.7 Å². The Morgan fingerprint density at radius 1 is 1.12 bits per heavy atom. The number of hydrogen-bond acceptors (Lipinski definition) is 4. The third kappa shape index (κ3) is 3.86. The van der Waals surface area contributed by atoms with Crippen molar-refractivity contribution in [3.05, 3.63) is 42.1 Å². The number of hydrogen-bond donors (Lipinski definition) is 1. The highest BCUT2D eigenvalue weighted by Gasteiger charge is 2.31. The Bertz CT molecular complexity index is 708. The van der Waals surface area contributed by atoms with Gasteiger partial charge in [-0.15, -0.1) is 0 Å². The van der Waals surface area contributed by atoms with Gasteiger partial charge in [-0.3, -0.25) is 4.90 Å².